The highest BCUT2D eigenvalue weighted by Crippen LogP contribution is 2.50. The standard InChI is InChI=1S/C24H28ClNO4/c1-3-29-22-16(7-4-10-20(22)28-2)11-12-21(27)26-19-15-24(13-6-14-24)30-23-17(19)8-5-9-18(23)25/h4-5,7-10,19H,3,6,11-15H2,1-2H3,(H,26,27). The van der Waals surface area contributed by atoms with Gasteiger partial charge in [0.05, 0.1) is 24.8 Å². The summed E-state index contributed by atoms with van der Waals surface area (Å²) in [5, 5.41) is 3.83. The number of halogens is 1. The second-order valence-electron chi connectivity index (χ2n) is 8.00. The highest BCUT2D eigenvalue weighted by molar-refractivity contribution is 6.32. The molecule has 2 aromatic carbocycles. The summed E-state index contributed by atoms with van der Waals surface area (Å²) < 4.78 is 17.5. The number of carbonyl (C=O) groups excluding carboxylic acids is 1. The first-order valence-corrected chi connectivity index (χ1v) is 11.0. The molecule has 2 aliphatic rings. The van der Waals surface area contributed by atoms with Crippen molar-refractivity contribution in [3.8, 4) is 17.2 Å². The number of hydrogen-bond donors (Lipinski definition) is 1. The molecule has 1 N–H and O–H groups in total. The maximum atomic E-state index is 12.9. The lowest BCUT2D eigenvalue weighted by atomic mass is 9.73. The summed E-state index contributed by atoms with van der Waals surface area (Å²) in [4.78, 5) is 12.9. The third-order valence-corrected chi connectivity index (χ3v) is 6.36. The predicted octanol–water partition coefficient (Wildman–Crippen LogP) is 5.24. The number of amides is 1. The fraction of sp³-hybridized carbons (Fsp3) is 0.458. The normalized spacial score (nSPS) is 18.7. The van der Waals surface area contributed by atoms with Crippen molar-refractivity contribution in [1.82, 2.24) is 5.32 Å². The summed E-state index contributed by atoms with van der Waals surface area (Å²) in [6, 6.07) is 11.4. The van der Waals surface area contributed by atoms with Crippen LogP contribution in [-0.2, 0) is 11.2 Å². The average Bonchev–Trinajstić information content (AvgIpc) is 2.72. The van der Waals surface area contributed by atoms with Gasteiger partial charge in [-0.05, 0) is 50.3 Å². The second-order valence-corrected chi connectivity index (χ2v) is 8.41. The zero-order valence-corrected chi connectivity index (χ0v) is 18.3. The van der Waals surface area contributed by atoms with Gasteiger partial charge in [0.15, 0.2) is 11.5 Å². The highest BCUT2D eigenvalue weighted by atomic mass is 35.5. The molecule has 0 saturated heterocycles. The van der Waals surface area contributed by atoms with Gasteiger partial charge in [-0.15, -0.1) is 0 Å². The van der Waals surface area contributed by atoms with Crippen LogP contribution < -0.4 is 19.5 Å². The van der Waals surface area contributed by atoms with Gasteiger partial charge in [-0.2, -0.15) is 0 Å². The van der Waals surface area contributed by atoms with Gasteiger partial charge in [-0.1, -0.05) is 35.9 Å². The fourth-order valence-electron chi connectivity index (χ4n) is 4.40. The third kappa shape index (κ3) is 4.08. The molecule has 1 heterocycles. The van der Waals surface area contributed by atoms with Crippen molar-refractivity contribution in [2.24, 2.45) is 0 Å². The fourth-order valence-corrected chi connectivity index (χ4v) is 4.62. The van der Waals surface area contributed by atoms with E-state index in [-0.39, 0.29) is 17.6 Å². The molecule has 1 aliphatic carbocycles. The van der Waals surface area contributed by atoms with Gasteiger partial charge >= 0.3 is 0 Å². The van der Waals surface area contributed by atoms with Crippen LogP contribution in [0.5, 0.6) is 17.2 Å². The number of rotatable bonds is 7. The number of aryl methyl sites for hydroxylation is 1. The largest absolute Gasteiger partial charge is 0.493 e. The summed E-state index contributed by atoms with van der Waals surface area (Å²) in [5.74, 6) is 2.14. The van der Waals surface area contributed by atoms with Gasteiger partial charge in [-0.25, -0.2) is 0 Å². The maximum absolute atomic E-state index is 12.9. The minimum Gasteiger partial charge on any atom is -0.493 e. The Morgan fingerprint density at radius 3 is 2.77 bits per heavy atom. The molecule has 1 unspecified atom stereocenters. The minimum absolute atomic E-state index is 0.00701. The van der Waals surface area contributed by atoms with E-state index in [1.165, 1.54) is 0 Å². The molecule has 1 amide bonds. The van der Waals surface area contributed by atoms with Crippen molar-refractivity contribution in [3.63, 3.8) is 0 Å². The summed E-state index contributed by atoms with van der Waals surface area (Å²) in [6.07, 6.45) is 4.89. The molecule has 0 bridgehead atoms. The Hall–Kier alpha value is -2.40. The number of carbonyl (C=O) groups is 1. The molecule has 2 aromatic rings. The summed E-state index contributed by atoms with van der Waals surface area (Å²) >= 11 is 6.41. The summed E-state index contributed by atoms with van der Waals surface area (Å²) in [5.41, 5.74) is 1.74. The number of benzene rings is 2. The number of fused-ring (bicyclic) bond motifs is 1. The van der Waals surface area contributed by atoms with Crippen molar-refractivity contribution in [2.45, 2.75) is 57.1 Å². The van der Waals surface area contributed by atoms with Crippen molar-refractivity contribution >= 4 is 17.5 Å². The molecule has 160 valence electrons. The molecule has 5 nitrogen and oxygen atoms in total. The minimum atomic E-state index is -0.190. The first-order valence-electron chi connectivity index (χ1n) is 10.6. The molecular formula is C24H28ClNO4. The number of hydrogen-bond acceptors (Lipinski definition) is 4. The van der Waals surface area contributed by atoms with E-state index in [0.717, 1.165) is 42.6 Å². The van der Waals surface area contributed by atoms with Crippen molar-refractivity contribution in [3.05, 3.63) is 52.5 Å². The lowest BCUT2D eigenvalue weighted by Gasteiger charge is -2.48. The lowest BCUT2D eigenvalue weighted by Crippen LogP contribution is -2.49. The number of nitrogens with one attached hydrogen (secondary N) is 1. The molecule has 0 aromatic heterocycles. The van der Waals surface area contributed by atoms with E-state index in [1.807, 2.05) is 43.3 Å². The lowest BCUT2D eigenvalue weighted by molar-refractivity contribution is -0.123. The van der Waals surface area contributed by atoms with E-state index >= 15 is 0 Å². The van der Waals surface area contributed by atoms with Gasteiger partial charge in [0, 0.05) is 18.4 Å². The number of methoxy groups -OCH3 is 1. The van der Waals surface area contributed by atoms with Gasteiger partial charge < -0.3 is 19.5 Å². The van der Waals surface area contributed by atoms with Crippen molar-refractivity contribution in [2.75, 3.05) is 13.7 Å². The van der Waals surface area contributed by atoms with Gasteiger partial charge in [0.1, 0.15) is 11.4 Å². The molecule has 30 heavy (non-hydrogen) atoms. The van der Waals surface area contributed by atoms with Gasteiger partial charge in [0.25, 0.3) is 0 Å². The average molecular weight is 430 g/mol. The van der Waals surface area contributed by atoms with Crippen LogP contribution in [0.25, 0.3) is 0 Å². The molecule has 1 aliphatic heterocycles. The molecule has 6 heteroatoms. The van der Waals surface area contributed by atoms with E-state index in [4.69, 9.17) is 25.8 Å². The molecule has 1 atom stereocenters. The predicted molar refractivity (Wildman–Crippen MR) is 117 cm³/mol. The number of para-hydroxylation sites is 2. The van der Waals surface area contributed by atoms with E-state index in [0.29, 0.717) is 36.0 Å². The first-order chi connectivity index (χ1) is 14.5. The SMILES string of the molecule is CCOc1c(CCC(=O)NC2CC3(CCC3)Oc3c(Cl)cccc32)cccc1OC. The smallest absolute Gasteiger partial charge is 0.220 e. The Balaban J connectivity index is 1.47. The van der Waals surface area contributed by atoms with Crippen LogP contribution in [0.4, 0.5) is 0 Å². The first kappa shape index (κ1) is 20.9. The van der Waals surface area contributed by atoms with Crippen LogP contribution in [0, 0.1) is 0 Å². The topological polar surface area (TPSA) is 56.8 Å². The zero-order chi connectivity index (χ0) is 21.1. The van der Waals surface area contributed by atoms with Crippen molar-refractivity contribution < 1.29 is 19.0 Å². The van der Waals surface area contributed by atoms with E-state index < -0.39 is 0 Å². The van der Waals surface area contributed by atoms with Crippen LogP contribution in [0.1, 0.15) is 56.2 Å². The Morgan fingerprint density at radius 2 is 2.07 bits per heavy atom. The zero-order valence-electron chi connectivity index (χ0n) is 17.5. The van der Waals surface area contributed by atoms with E-state index in [1.54, 1.807) is 7.11 Å². The van der Waals surface area contributed by atoms with Crippen LogP contribution in [0.3, 0.4) is 0 Å². The van der Waals surface area contributed by atoms with Crippen LogP contribution in [0.2, 0.25) is 5.02 Å². The Morgan fingerprint density at radius 1 is 1.27 bits per heavy atom. The molecule has 4 rings (SSSR count). The van der Waals surface area contributed by atoms with Crippen LogP contribution in [0.15, 0.2) is 36.4 Å². The number of ether oxygens (including phenoxy) is 3. The highest BCUT2D eigenvalue weighted by Gasteiger charge is 2.46. The molecular weight excluding hydrogens is 402 g/mol. The Labute approximate surface area is 182 Å². The second kappa shape index (κ2) is 8.76. The molecule has 1 spiro atoms. The van der Waals surface area contributed by atoms with E-state index in [2.05, 4.69) is 5.32 Å². The monoisotopic (exact) mass is 429 g/mol. The van der Waals surface area contributed by atoms with Crippen LogP contribution in [-0.4, -0.2) is 25.2 Å². The summed E-state index contributed by atoms with van der Waals surface area (Å²) in [6.45, 7) is 2.48. The maximum Gasteiger partial charge on any atom is 0.220 e. The Bertz CT molecular complexity index is 925. The molecule has 0 radical (unpaired) electrons. The molecule has 1 fully saturated rings. The van der Waals surface area contributed by atoms with Gasteiger partial charge in [0.2, 0.25) is 5.91 Å². The molecule has 1 saturated carbocycles. The quantitative estimate of drug-likeness (QED) is 0.653. The van der Waals surface area contributed by atoms with E-state index in [9.17, 15) is 4.79 Å². The van der Waals surface area contributed by atoms with Gasteiger partial charge in [-0.3, -0.25) is 4.79 Å². The van der Waals surface area contributed by atoms with Crippen LogP contribution >= 0.6 is 11.6 Å². The Kier molecular flexibility index (Phi) is 6.09. The third-order valence-electron chi connectivity index (χ3n) is 6.06. The van der Waals surface area contributed by atoms with Crippen molar-refractivity contribution in [1.29, 1.82) is 0 Å². The summed E-state index contributed by atoms with van der Waals surface area (Å²) in [7, 11) is 1.62.